The Balaban J connectivity index is 1.55. The highest BCUT2D eigenvalue weighted by Crippen LogP contribution is 2.30. The molecule has 0 radical (unpaired) electrons. The Bertz CT molecular complexity index is 931. The van der Waals surface area contributed by atoms with Crippen LogP contribution in [-0.2, 0) is 22.6 Å². The zero-order valence-corrected chi connectivity index (χ0v) is 16.6. The fourth-order valence-electron chi connectivity index (χ4n) is 3.67. The molecule has 1 unspecified atom stereocenters. The molecule has 1 heterocycles. The molecule has 2 amide bonds. The molecule has 1 aliphatic heterocycles. The summed E-state index contributed by atoms with van der Waals surface area (Å²) in [5.74, 6) is -1.09. The summed E-state index contributed by atoms with van der Waals surface area (Å²) in [6.45, 7) is 0.0468. The van der Waals surface area contributed by atoms with E-state index in [4.69, 9.17) is 0 Å². The lowest BCUT2D eigenvalue weighted by atomic mass is 9.85. The van der Waals surface area contributed by atoms with Crippen LogP contribution in [0.5, 0.6) is 5.75 Å². The molecule has 0 saturated carbocycles. The van der Waals surface area contributed by atoms with Gasteiger partial charge in [-0.25, -0.2) is 4.39 Å². The molecule has 2 N–H and O–H groups in total. The molecule has 1 aliphatic rings. The number of nitrogens with one attached hydrogen (secondary N) is 2. The smallest absolute Gasteiger partial charge is 0.406 e. The molecule has 2 aromatic carbocycles. The molecule has 2 aromatic rings. The largest absolute Gasteiger partial charge is 0.573 e. The van der Waals surface area contributed by atoms with Gasteiger partial charge in [-0.1, -0.05) is 24.3 Å². The number of carbonyl (C=O) groups excluding carboxylic acids is 2. The first-order valence-corrected chi connectivity index (χ1v) is 9.79. The highest BCUT2D eigenvalue weighted by molar-refractivity contribution is 5.80. The molecule has 0 spiro atoms. The molecular weight excluding hydrogens is 416 g/mol. The number of alkyl halides is 3. The first-order valence-electron chi connectivity index (χ1n) is 9.79. The zero-order chi connectivity index (χ0) is 22.5. The summed E-state index contributed by atoms with van der Waals surface area (Å²) in [5.41, 5.74) is 0.725. The van der Waals surface area contributed by atoms with Gasteiger partial charge in [0.25, 0.3) is 0 Å². The topological polar surface area (TPSA) is 67.4 Å². The standard InChI is InChI=1S/C22H22F4N2O3/c23-17-6-4-15(5-7-17)13-21(11-9-20(30)28-21)10-8-19(29)27-14-16-2-1-3-18(12-16)31-22(24,25)26/h1-7,12H,8-11,13-14H2,(H,27,29)(H,28,30). The first kappa shape index (κ1) is 22.6. The third kappa shape index (κ3) is 6.97. The van der Waals surface area contributed by atoms with Gasteiger partial charge >= 0.3 is 6.36 Å². The van der Waals surface area contributed by atoms with Crippen molar-refractivity contribution in [3.05, 3.63) is 65.5 Å². The van der Waals surface area contributed by atoms with Gasteiger partial charge in [0, 0.05) is 24.9 Å². The number of rotatable bonds is 8. The average Bonchev–Trinajstić information content (AvgIpc) is 3.06. The van der Waals surface area contributed by atoms with E-state index in [0.29, 0.717) is 31.2 Å². The highest BCUT2D eigenvalue weighted by Gasteiger charge is 2.37. The van der Waals surface area contributed by atoms with Crippen molar-refractivity contribution >= 4 is 11.8 Å². The predicted molar refractivity (Wildman–Crippen MR) is 104 cm³/mol. The van der Waals surface area contributed by atoms with Crippen molar-refractivity contribution in [2.24, 2.45) is 0 Å². The monoisotopic (exact) mass is 438 g/mol. The number of hydrogen-bond donors (Lipinski definition) is 2. The lowest BCUT2D eigenvalue weighted by molar-refractivity contribution is -0.274. The Kier molecular flexibility index (Phi) is 6.82. The molecule has 0 bridgehead atoms. The summed E-state index contributed by atoms with van der Waals surface area (Å²) in [6, 6.07) is 11.4. The van der Waals surface area contributed by atoms with Crippen LogP contribution in [0.15, 0.2) is 48.5 Å². The molecule has 3 rings (SSSR count). The van der Waals surface area contributed by atoms with E-state index in [2.05, 4.69) is 15.4 Å². The van der Waals surface area contributed by atoms with Crippen LogP contribution in [0.4, 0.5) is 17.6 Å². The maximum Gasteiger partial charge on any atom is 0.573 e. The van der Waals surface area contributed by atoms with Crippen molar-refractivity contribution < 1.29 is 31.9 Å². The second-order valence-corrected chi connectivity index (χ2v) is 7.60. The van der Waals surface area contributed by atoms with Crippen LogP contribution in [0.1, 0.15) is 36.8 Å². The number of hydrogen-bond acceptors (Lipinski definition) is 3. The van der Waals surface area contributed by atoms with Gasteiger partial charge < -0.3 is 15.4 Å². The van der Waals surface area contributed by atoms with Gasteiger partial charge in [0.15, 0.2) is 0 Å². The fraction of sp³-hybridized carbons (Fsp3) is 0.364. The average molecular weight is 438 g/mol. The van der Waals surface area contributed by atoms with E-state index in [-0.39, 0.29) is 36.3 Å². The Morgan fingerprint density at radius 3 is 2.52 bits per heavy atom. The summed E-state index contributed by atoms with van der Waals surface area (Å²) in [5, 5.41) is 5.63. The molecule has 5 nitrogen and oxygen atoms in total. The van der Waals surface area contributed by atoms with E-state index < -0.39 is 11.9 Å². The van der Waals surface area contributed by atoms with Gasteiger partial charge in [-0.15, -0.1) is 13.2 Å². The third-order valence-electron chi connectivity index (χ3n) is 5.14. The molecule has 9 heteroatoms. The van der Waals surface area contributed by atoms with Crippen molar-refractivity contribution in [2.75, 3.05) is 0 Å². The highest BCUT2D eigenvalue weighted by atomic mass is 19.4. The Morgan fingerprint density at radius 2 is 1.87 bits per heavy atom. The van der Waals surface area contributed by atoms with Crippen LogP contribution in [0.2, 0.25) is 0 Å². The van der Waals surface area contributed by atoms with E-state index in [1.54, 1.807) is 18.2 Å². The van der Waals surface area contributed by atoms with Crippen LogP contribution in [-0.4, -0.2) is 23.7 Å². The number of benzene rings is 2. The van der Waals surface area contributed by atoms with Crippen molar-refractivity contribution in [1.29, 1.82) is 0 Å². The first-order chi connectivity index (χ1) is 14.6. The maximum atomic E-state index is 13.2. The number of carbonyl (C=O) groups is 2. The van der Waals surface area contributed by atoms with Crippen LogP contribution in [0.25, 0.3) is 0 Å². The number of amides is 2. The van der Waals surface area contributed by atoms with Gasteiger partial charge in [-0.2, -0.15) is 0 Å². The van der Waals surface area contributed by atoms with Crippen molar-refractivity contribution in [3.63, 3.8) is 0 Å². The van der Waals surface area contributed by atoms with E-state index in [0.717, 1.165) is 5.56 Å². The Morgan fingerprint density at radius 1 is 1.13 bits per heavy atom. The lowest BCUT2D eigenvalue weighted by Crippen LogP contribution is -2.44. The van der Waals surface area contributed by atoms with E-state index in [9.17, 15) is 27.2 Å². The number of halogens is 4. The van der Waals surface area contributed by atoms with Gasteiger partial charge in [-0.05, 0) is 54.7 Å². The van der Waals surface area contributed by atoms with Crippen molar-refractivity contribution in [2.45, 2.75) is 50.6 Å². The molecule has 1 atom stereocenters. The minimum atomic E-state index is -4.79. The normalized spacial score (nSPS) is 18.5. The molecule has 0 aromatic heterocycles. The fourth-order valence-corrected chi connectivity index (χ4v) is 3.67. The third-order valence-corrected chi connectivity index (χ3v) is 5.14. The molecule has 1 fully saturated rings. The summed E-state index contributed by atoms with van der Waals surface area (Å²) in [7, 11) is 0. The van der Waals surface area contributed by atoms with E-state index >= 15 is 0 Å². The second-order valence-electron chi connectivity index (χ2n) is 7.60. The molecule has 166 valence electrons. The van der Waals surface area contributed by atoms with E-state index in [1.165, 1.54) is 30.3 Å². The van der Waals surface area contributed by atoms with Crippen molar-refractivity contribution in [1.82, 2.24) is 10.6 Å². The van der Waals surface area contributed by atoms with Gasteiger partial charge in [0.2, 0.25) is 11.8 Å². The zero-order valence-electron chi connectivity index (χ0n) is 16.6. The maximum absolute atomic E-state index is 13.2. The molecule has 31 heavy (non-hydrogen) atoms. The number of ether oxygens (including phenoxy) is 1. The Hall–Kier alpha value is -3.10. The summed E-state index contributed by atoms with van der Waals surface area (Å²) < 4.78 is 54.0. The van der Waals surface area contributed by atoms with Crippen LogP contribution in [0.3, 0.4) is 0 Å². The SMILES string of the molecule is O=C(CCC1(Cc2ccc(F)cc2)CCC(=O)N1)NCc1cccc(OC(F)(F)F)c1. The predicted octanol–water partition coefficient (Wildman–Crippen LogP) is 4.01. The summed E-state index contributed by atoms with van der Waals surface area (Å²) >= 11 is 0. The molecule has 1 saturated heterocycles. The van der Waals surface area contributed by atoms with Gasteiger partial charge in [0.1, 0.15) is 11.6 Å². The van der Waals surface area contributed by atoms with Gasteiger partial charge in [-0.3, -0.25) is 9.59 Å². The molecule has 0 aliphatic carbocycles. The lowest BCUT2D eigenvalue weighted by Gasteiger charge is -2.29. The van der Waals surface area contributed by atoms with Crippen LogP contribution in [0, 0.1) is 5.82 Å². The minimum Gasteiger partial charge on any atom is -0.406 e. The minimum absolute atomic E-state index is 0.0468. The molecular formula is C22H22F4N2O3. The van der Waals surface area contributed by atoms with E-state index in [1.807, 2.05) is 0 Å². The quantitative estimate of drug-likeness (QED) is 0.612. The van der Waals surface area contributed by atoms with Crippen molar-refractivity contribution in [3.8, 4) is 5.75 Å². The van der Waals surface area contributed by atoms with Crippen LogP contribution >= 0.6 is 0 Å². The van der Waals surface area contributed by atoms with Crippen LogP contribution < -0.4 is 15.4 Å². The summed E-state index contributed by atoms with van der Waals surface area (Å²) in [6.07, 6.45) is -2.88. The Labute approximate surface area is 176 Å². The van der Waals surface area contributed by atoms with Gasteiger partial charge in [0.05, 0.1) is 0 Å². The second kappa shape index (κ2) is 9.36. The summed E-state index contributed by atoms with van der Waals surface area (Å²) in [4.78, 5) is 24.1.